The molecular formula is C48H50N6O4. The Morgan fingerprint density at radius 2 is 1.26 bits per heavy atom. The van der Waals surface area contributed by atoms with Gasteiger partial charge in [0.25, 0.3) is 11.8 Å². The van der Waals surface area contributed by atoms with E-state index in [0.29, 0.717) is 5.69 Å². The molecule has 0 radical (unpaired) electrons. The third kappa shape index (κ3) is 6.84. The van der Waals surface area contributed by atoms with Crippen molar-refractivity contribution in [2.75, 3.05) is 0 Å². The first-order valence-corrected chi connectivity index (χ1v) is 20.8. The van der Waals surface area contributed by atoms with Crippen LogP contribution in [0.15, 0.2) is 48.8 Å². The molecule has 2 fully saturated rings. The van der Waals surface area contributed by atoms with E-state index < -0.39 is 11.2 Å². The van der Waals surface area contributed by atoms with E-state index in [1.165, 1.54) is 27.8 Å². The molecule has 11 rings (SSSR count). The van der Waals surface area contributed by atoms with Crippen molar-refractivity contribution in [1.29, 1.82) is 0 Å². The van der Waals surface area contributed by atoms with Crippen LogP contribution in [0.2, 0.25) is 0 Å². The molecule has 6 aliphatic rings. The number of nitrogens with zero attached hydrogens (tertiary/aromatic N) is 2. The topological polar surface area (TPSA) is 156 Å². The molecule has 0 saturated heterocycles. The Hall–Kier alpha value is -5.50. The fourth-order valence-corrected chi connectivity index (χ4v) is 9.33. The smallest absolute Gasteiger partial charge is 0.253 e. The number of aromatic nitrogens is 4. The molecule has 0 unspecified atom stereocenters. The number of amides is 2. The molecule has 0 bridgehead atoms. The number of pyridine rings is 2. The molecule has 6 N–H and O–H groups in total. The molecule has 1 aromatic carbocycles. The fraction of sp³-hybridized carbons (Fsp3) is 0.417. The van der Waals surface area contributed by atoms with E-state index in [1.54, 1.807) is 13.8 Å². The Morgan fingerprint density at radius 3 is 1.78 bits per heavy atom. The minimum absolute atomic E-state index is 0.00193. The maximum atomic E-state index is 12.9. The number of aromatic amines is 2. The van der Waals surface area contributed by atoms with Crippen LogP contribution in [0.1, 0.15) is 125 Å². The van der Waals surface area contributed by atoms with Crippen molar-refractivity contribution in [3.8, 4) is 45.6 Å². The van der Waals surface area contributed by atoms with Crippen molar-refractivity contribution in [1.82, 2.24) is 30.6 Å². The summed E-state index contributed by atoms with van der Waals surface area (Å²) in [6.45, 7) is 7.00. The minimum Gasteiger partial charge on any atom is -0.390 e. The number of aryl methyl sites for hydroxylation is 3. The van der Waals surface area contributed by atoms with Crippen LogP contribution in [0.3, 0.4) is 0 Å². The summed E-state index contributed by atoms with van der Waals surface area (Å²) in [6, 6.07) is 12.6. The summed E-state index contributed by atoms with van der Waals surface area (Å²) in [5, 5.41) is 26.3. The molecule has 2 spiro atoms. The quantitative estimate of drug-likeness (QED) is 0.115. The lowest BCUT2D eigenvalue weighted by atomic mass is 9.87. The van der Waals surface area contributed by atoms with E-state index in [2.05, 4.69) is 67.8 Å². The van der Waals surface area contributed by atoms with Gasteiger partial charge in [0.05, 0.1) is 33.8 Å². The van der Waals surface area contributed by atoms with Gasteiger partial charge in [0, 0.05) is 64.4 Å². The molecule has 0 atom stereocenters. The predicted molar refractivity (Wildman–Crippen MR) is 222 cm³/mol. The zero-order valence-electron chi connectivity index (χ0n) is 33.7. The molecule has 58 heavy (non-hydrogen) atoms. The van der Waals surface area contributed by atoms with Crippen molar-refractivity contribution >= 4 is 11.8 Å². The van der Waals surface area contributed by atoms with Crippen LogP contribution >= 0.6 is 0 Å². The number of benzene rings is 1. The van der Waals surface area contributed by atoms with E-state index in [0.717, 1.165) is 133 Å². The molecule has 4 aromatic heterocycles. The minimum atomic E-state index is -1.05. The first-order chi connectivity index (χ1) is 27.6. The zero-order chi connectivity index (χ0) is 40.2. The molecule has 10 nitrogen and oxygen atoms in total. The van der Waals surface area contributed by atoms with Crippen LogP contribution in [0.4, 0.5) is 0 Å². The number of H-pyrrole nitrogens is 2. The average Bonchev–Trinajstić information content (AvgIpc) is 4.02. The molecule has 2 aliphatic heterocycles. The monoisotopic (exact) mass is 774 g/mol. The Bertz CT molecular complexity index is 2600. The molecule has 296 valence electrons. The van der Waals surface area contributed by atoms with Crippen LogP contribution in [0.25, 0.3) is 33.8 Å². The molecule has 2 saturated carbocycles. The highest BCUT2D eigenvalue weighted by Gasteiger charge is 2.50. The van der Waals surface area contributed by atoms with E-state index in [-0.39, 0.29) is 22.9 Å². The highest BCUT2D eigenvalue weighted by atomic mass is 16.3. The lowest BCUT2D eigenvalue weighted by Gasteiger charge is -2.24. The number of rotatable bonds is 4. The first kappa shape index (κ1) is 36.8. The standard InChI is InChI=1S/C27H29N3O2.C21H21N3O2/c1-26(2,32)10-9-16-3-5-17(6-4-16)21-13-20-18(15-28-21)7-8-19-23-22(29-24(19)20)14-27(11-12-27)30-25(23)31;1-20(2,26)6-5-13-9-15-12(11-22-13)3-4-14-17-16(23-18(14)15)10-21(7-8-21)24-19(17)25/h3-6,13,15,29,32H,7-12,14H2,1-2H3,(H,30,31);9,11,23,26H,3-4,7-8,10H2,1-2H3,(H,24,25). The van der Waals surface area contributed by atoms with Crippen molar-refractivity contribution in [2.45, 2.75) is 127 Å². The maximum Gasteiger partial charge on any atom is 0.253 e. The lowest BCUT2D eigenvalue weighted by molar-refractivity contribution is 0.0713. The van der Waals surface area contributed by atoms with E-state index in [4.69, 9.17) is 4.98 Å². The molecule has 10 heteroatoms. The SMILES string of the molecule is CC(C)(O)C#Cc1cc2c(cn1)CCc1c-2[nH]c2c1C(=O)NC1(CC1)C2.CC(C)(O)CCc1ccc(-c2cc3c(cn2)CCc2c-3[nH]c3c2C(=O)NC2(CC2)C3)cc1. The highest BCUT2D eigenvalue weighted by molar-refractivity contribution is 6.02. The van der Waals surface area contributed by atoms with Crippen molar-refractivity contribution in [2.24, 2.45) is 0 Å². The van der Waals surface area contributed by atoms with Crippen LogP contribution in [-0.4, -0.2) is 64.2 Å². The number of aliphatic hydroxyl groups is 2. The van der Waals surface area contributed by atoms with Gasteiger partial charge in [-0.1, -0.05) is 30.2 Å². The fourth-order valence-electron chi connectivity index (χ4n) is 9.33. The predicted octanol–water partition coefficient (Wildman–Crippen LogP) is 6.48. The molecule has 5 aromatic rings. The number of fused-ring (bicyclic) bond motifs is 10. The van der Waals surface area contributed by atoms with E-state index >= 15 is 0 Å². The Balaban J connectivity index is 0.000000144. The second-order valence-corrected chi connectivity index (χ2v) is 18.8. The van der Waals surface area contributed by atoms with Gasteiger partial charge in [-0.2, -0.15) is 0 Å². The van der Waals surface area contributed by atoms with Gasteiger partial charge in [-0.25, -0.2) is 4.98 Å². The largest absolute Gasteiger partial charge is 0.390 e. The van der Waals surface area contributed by atoms with Gasteiger partial charge in [0.1, 0.15) is 11.3 Å². The summed E-state index contributed by atoms with van der Waals surface area (Å²) in [5.74, 6) is 5.94. The average molecular weight is 775 g/mol. The summed E-state index contributed by atoms with van der Waals surface area (Å²) in [6.07, 6.45) is 15.1. The van der Waals surface area contributed by atoms with Gasteiger partial charge in [0.15, 0.2) is 0 Å². The third-order valence-electron chi connectivity index (χ3n) is 12.9. The first-order valence-electron chi connectivity index (χ1n) is 20.8. The number of hydrogen-bond donors (Lipinski definition) is 6. The van der Waals surface area contributed by atoms with Crippen molar-refractivity contribution in [3.05, 3.63) is 105 Å². The van der Waals surface area contributed by atoms with Crippen molar-refractivity contribution in [3.63, 3.8) is 0 Å². The summed E-state index contributed by atoms with van der Waals surface area (Å²) >= 11 is 0. The van der Waals surface area contributed by atoms with Gasteiger partial charge >= 0.3 is 0 Å². The summed E-state index contributed by atoms with van der Waals surface area (Å²) < 4.78 is 0. The highest BCUT2D eigenvalue weighted by Crippen LogP contribution is 2.47. The third-order valence-corrected chi connectivity index (χ3v) is 12.9. The summed E-state index contributed by atoms with van der Waals surface area (Å²) in [4.78, 5) is 41.9. The number of carbonyl (C=O) groups is 2. The second kappa shape index (κ2) is 13.0. The van der Waals surface area contributed by atoms with Crippen LogP contribution in [0.5, 0.6) is 0 Å². The number of carbonyl (C=O) groups excluding carboxylic acids is 2. The Morgan fingerprint density at radius 1 is 0.724 bits per heavy atom. The lowest BCUT2D eigenvalue weighted by Crippen LogP contribution is -2.43. The van der Waals surface area contributed by atoms with Crippen LogP contribution in [-0.2, 0) is 44.9 Å². The molecule has 4 aliphatic carbocycles. The number of hydrogen-bond acceptors (Lipinski definition) is 6. The molecule has 2 amide bonds. The Kier molecular flexibility index (Phi) is 8.25. The molecular weight excluding hydrogens is 725 g/mol. The zero-order valence-corrected chi connectivity index (χ0v) is 33.7. The van der Waals surface area contributed by atoms with Gasteiger partial charge in [-0.3, -0.25) is 14.6 Å². The van der Waals surface area contributed by atoms with E-state index in [1.807, 2.05) is 32.3 Å². The van der Waals surface area contributed by atoms with Gasteiger partial charge in [-0.15, -0.1) is 0 Å². The maximum absolute atomic E-state index is 12.9. The van der Waals surface area contributed by atoms with Crippen LogP contribution < -0.4 is 10.6 Å². The summed E-state index contributed by atoms with van der Waals surface area (Å²) in [7, 11) is 0. The van der Waals surface area contributed by atoms with Gasteiger partial charge < -0.3 is 30.8 Å². The van der Waals surface area contributed by atoms with Crippen LogP contribution in [0, 0.1) is 11.8 Å². The molecule has 6 heterocycles. The normalized spacial score (nSPS) is 18.4. The Labute approximate surface area is 338 Å². The summed E-state index contributed by atoms with van der Waals surface area (Å²) in [5.41, 5.74) is 15.2. The van der Waals surface area contributed by atoms with E-state index in [9.17, 15) is 19.8 Å². The van der Waals surface area contributed by atoms with Crippen molar-refractivity contribution < 1.29 is 19.8 Å². The second-order valence-electron chi connectivity index (χ2n) is 18.8. The van der Waals surface area contributed by atoms with Gasteiger partial charge in [-0.05, 0) is 138 Å². The number of nitrogens with one attached hydrogen (secondary N) is 4. The van der Waals surface area contributed by atoms with Gasteiger partial charge in [0.2, 0.25) is 0 Å².